The molecule has 11 heavy (non-hydrogen) atoms. The molecule has 1 atom stereocenters. The van der Waals surface area contributed by atoms with Gasteiger partial charge in [0.05, 0.1) is 0 Å². The third-order valence-corrected chi connectivity index (χ3v) is 3.49. The second-order valence-corrected chi connectivity index (χ2v) is 4.07. The third kappa shape index (κ3) is 4.14. The first-order valence-electron chi connectivity index (χ1n) is 3.70. The van der Waals surface area contributed by atoms with E-state index in [0.29, 0.717) is 0 Å². The van der Waals surface area contributed by atoms with Gasteiger partial charge in [-0.05, 0) is 12.8 Å². The predicted molar refractivity (Wildman–Crippen MR) is 45.0 cm³/mol. The predicted octanol–water partition coefficient (Wildman–Crippen LogP) is 1.01. The van der Waals surface area contributed by atoms with Crippen molar-refractivity contribution in [2.45, 2.75) is 31.9 Å². The molecule has 0 bridgehead atoms. The average molecular weight is 178 g/mol. The van der Waals surface area contributed by atoms with E-state index < -0.39 is 16.8 Å². The van der Waals surface area contributed by atoms with E-state index >= 15 is 0 Å². The van der Waals surface area contributed by atoms with Gasteiger partial charge in [0.2, 0.25) is 0 Å². The minimum atomic E-state index is -1.19. The molecule has 0 aliphatic carbocycles. The van der Waals surface area contributed by atoms with E-state index in [4.69, 9.17) is 5.11 Å². The lowest BCUT2D eigenvalue weighted by atomic mass is 10.3. The summed E-state index contributed by atoms with van der Waals surface area (Å²) in [4.78, 5) is 10.2. The van der Waals surface area contributed by atoms with E-state index in [9.17, 15) is 9.00 Å². The van der Waals surface area contributed by atoms with E-state index in [1.807, 2.05) is 13.8 Å². The summed E-state index contributed by atoms with van der Waals surface area (Å²) in [5.41, 5.74) is 0. The van der Waals surface area contributed by atoms with Gasteiger partial charge in [0.25, 0.3) is 0 Å². The summed E-state index contributed by atoms with van der Waals surface area (Å²) in [6, 6.07) is 0. The van der Waals surface area contributed by atoms with Crippen molar-refractivity contribution < 1.29 is 14.1 Å². The highest BCUT2D eigenvalue weighted by atomic mass is 32.2. The van der Waals surface area contributed by atoms with Gasteiger partial charge in [-0.1, -0.05) is 13.8 Å². The van der Waals surface area contributed by atoms with E-state index in [0.717, 1.165) is 12.8 Å². The Bertz CT molecular complexity index is 152. The van der Waals surface area contributed by atoms with Gasteiger partial charge in [-0.3, -0.25) is 9.00 Å². The topological polar surface area (TPSA) is 54.4 Å². The largest absolute Gasteiger partial charge is 0.481 e. The van der Waals surface area contributed by atoms with E-state index in [1.165, 1.54) is 0 Å². The molecule has 0 radical (unpaired) electrons. The van der Waals surface area contributed by atoms with E-state index in [-0.39, 0.29) is 11.0 Å². The maximum absolute atomic E-state index is 11.1. The Morgan fingerprint density at radius 2 is 1.91 bits per heavy atom. The summed E-state index contributed by atoms with van der Waals surface area (Å²) < 4.78 is 11.1. The zero-order valence-corrected chi connectivity index (χ0v) is 7.69. The Labute approximate surface area is 69.3 Å². The van der Waals surface area contributed by atoms with Crippen molar-refractivity contribution in [2.24, 2.45) is 0 Å². The van der Waals surface area contributed by atoms with Gasteiger partial charge >= 0.3 is 5.97 Å². The highest BCUT2D eigenvalue weighted by Crippen LogP contribution is 2.06. The number of rotatable bonds is 5. The lowest BCUT2D eigenvalue weighted by Gasteiger charge is -2.09. The SMILES string of the molecule is CCC(CC)S(=O)CC(=O)O. The van der Waals surface area contributed by atoms with Crippen molar-refractivity contribution in [3.63, 3.8) is 0 Å². The van der Waals surface area contributed by atoms with Gasteiger partial charge in [-0.15, -0.1) is 0 Å². The molecule has 0 aromatic carbocycles. The number of hydrogen-bond donors (Lipinski definition) is 1. The molecule has 0 aromatic heterocycles. The van der Waals surface area contributed by atoms with Crippen molar-refractivity contribution in [1.82, 2.24) is 0 Å². The minimum absolute atomic E-state index is 0.0473. The molecule has 1 unspecified atom stereocenters. The maximum atomic E-state index is 11.1. The normalized spacial score (nSPS) is 13.4. The van der Waals surface area contributed by atoms with Crippen LogP contribution >= 0.6 is 0 Å². The maximum Gasteiger partial charge on any atom is 0.316 e. The second kappa shape index (κ2) is 5.29. The van der Waals surface area contributed by atoms with Crippen molar-refractivity contribution >= 4 is 16.8 Å². The summed E-state index contributed by atoms with van der Waals surface area (Å²) in [5.74, 6) is -1.19. The second-order valence-electron chi connectivity index (χ2n) is 2.36. The highest BCUT2D eigenvalue weighted by Gasteiger charge is 2.14. The van der Waals surface area contributed by atoms with Crippen molar-refractivity contribution in [3.05, 3.63) is 0 Å². The molecule has 0 spiro atoms. The van der Waals surface area contributed by atoms with Crippen LogP contribution in [0.2, 0.25) is 0 Å². The molecule has 0 fully saturated rings. The number of hydrogen-bond acceptors (Lipinski definition) is 2. The summed E-state index contributed by atoms with van der Waals surface area (Å²) >= 11 is 0. The van der Waals surface area contributed by atoms with Crippen LogP contribution < -0.4 is 0 Å². The van der Waals surface area contributed by atoms with Crippen LogP contribution in [0.25, 0.3) is 0 Å². The molecular weight excluding hydrogens is 164 g/mol. The fraction of sp³-hybridized carbons (Fsp3) is 0.857. The van der Waals surface area contributed by atoms with Crippen molar-refractivity contribution in [3.8, 4) is 0 Å². The Balaban J connectivity index is 3.89. The van der Waals surface area contributed by atoms with E-state index in [1.54, 1.807) is 0 Å². The first-order chi connectivity index (χ1) is 5.11. The van der Waals surface area contributed by atoms with Crippen molar-refractivity contribution in [1.29, 1.82) is 0 Å². The first-order valence-corrected chi connectivity index (χ1v) is 5.09. The zero-order valence-electron chi connectivity index (χ0n) is 6.87. The van der Waals surface area contributed by atoms with Gasteiger partial charge in [0.15, 0.2) is 0 Å². The van der Waals surface area contributed by atoms with Crippen LogP contribution in [0.3, 0.4) is 0 Å². The van der Waals surface area contributed by atoms with Crippen LogP contribution in [-0.2, 0) is 15.6 Å². The fourth-order valence-corrected chi connectivity index (χ4v) is 2.12. The van der Waals surface area contributed by atoms with Crippen LogP contribution in [0.5, 0.6) is 0 Å². The summed E-state index contributed by atoms with van der Waals surface area (Å²) in [7, 11) is -1.19. The summed E-state index contributed by atoms with van der Waals surface area (Å²) in [6.07, 6.45) is 1.58. The van der Waals surface area contributed by atoms with Crippen LogP contribution in [0.1, 0.15) is 26.7 Å². The van der Waals surface area contributed by atoms with E-state index in [2.05, 4.69) is 0 Å². The van der Waals surface area contributed by atoms with Gasteiger partial charge in [-0.25, -0.2) is 0 Å². The quantitative estimate of drug-likeness (QED) is 0.683. The molecule has 66 valence electrons. The van der Waals surface area contributed by atoms with Gasteiger partial charge in [0.1, 0.15) is 5.75 Å². The Hall–Kier alpha value is -0.380. The number of carboxylic acid groups (broad SMARTS) is 1. The minimum Gasteiger partial charge on any atom is -0.481 e. The Morgan fingerprint density at radius 1 is 1.45 bits per heavy atom. The molecule has 0 amide bonds. The zero-order chi connectivity index (χ0) is 8.85. The molecule has 0 aromatic rings. The summed E-state index contributed by atoms with van der Waals surface area (Å²) in [6.45, 7) is 3.85. The summed E-state index contributed by atoms with van der Waals surface area (Å²) in [5, 5.41) is 8.38. The molecule has 0 saturated carbocycles. The van der Waals surface area contributed by atoms with Crippen LogP contribution in [0.4, 0.5) is 0 Å². The molecule has 3 nitrogen and oxygen atoms in total. The Morgan fingerprint density at radius 3 is 2.18 bits per heavy atom. The smallest absolute Gasteiger partial charge is 0.316 e. The monoisotopic (exact) mass is 178 g/mol. The van der Waals surface area contributed by atoms with Crippen molar-refractivity contribution in [2.75, 3.05) is 5.75 Å². The molecule has 0 rings (SSSR count). The van der Waals surface area contributed by atoms with Gasteiger partial charge < -0.3 is 5.11 Å². The number of carbonyl (C=O) groups is 1. The number of aliphatic carboxylic acids is 1. The molecule has 0 aliphatic rings. The number of carboxylic acids is 1. The Kier molecular flexibility index (Phi) is 5.11. The molecule has 0 heterocycles. The lowest BCUT2D eigenvalue weighted by Crippen LogP contribution is -2.20. The standard InChI is InChI=1S/C7H14O3S/c1-3-6(4-2)11(10)5-7(8)9/h6H,3-5H2,1-2H3,(H,8,9). The van der Waals surface area contributed by atoms with Crippen LogP contribution in [0.15, 0.2) is 0 Å². The first kappa shape index (κ1) is 10.6. The highest BCUT2D eigenvalue weighted by molar-refractivity contribution is 7.86. The molecule has 1 N–H and O–H groups in total. The van der Waals surface area contributed by atoms with Gasteiger partial charge in [0, 0.05) is 16.0 Å². The third-order valence-electron chi connectivity index (χ3n) is 1.55. The molecule has 0 aliphatic heterocycles. The van der Waals surface area contributed by atoms with Crippen LogP contribution in [0, 0.1) is 0 Å². The lowest BCUT2D eigenvalue weighted by molar-refractivity contribution is -0.133. The molecule has 4 heteroatoms. The van der Waals surface area contributed by atoms with Crippen LogP contribution in [-0.4, -0.2) is 26.3 Å². The van der Waals surface area contributed by atoms with Gasteiger partial charge in [-0.2, -0.15) is 0 Å². The average Bonchev–Trinajstić information content (AvgIpc) is 1.88. The fourth-order valence-electron chi connectivity index (χ4n) is 0.900. The molecule has 0 saturated heterocycles. The molecular formula is C7H14O3S.